The number of hydrogen-bond acceptors (Lipinski definition) is 4. The molecular weight excluding hydrogens is 280 g/mol. The van der Waals surface area contributed by atoms with Crippen molar-refractivity contribution in [3.8, 4) is 0 Å². The molecule has 0 aromatic carbocycles. The Balaban J connectivity index is 1.60. The van der Waals surface area contributed by atoms with Gasteiger partial charge in [0, 0.05) is 31.6 Å². The number of likely N-dealkylation sites (tertiary alicyclic amines) is 1. The zero-order valence-corrected chi connectivity index (χ0v) is 14.4. The number of thiazole rings is 1. The van der Waals surface area contributed by atoms with E-state index in [1.54, 1.807) is 11.3 Å². The SMILES string of the molecule is Cc1nc(CN2CC3CCCC(C2)C3OCC(C)C)cs1. The molecule has 0 amide bonds. The van der Waals surface area contributed by atoms with Gasteiger partial charge in [0.05, 0.1) is 16.8 Å². The molecule has 118 valence electrons. The van der Waals surface area contributed by atoms with Crippen LogP contribution in [0.15, 0.2) is 5.38 Å². The van der Waals surface area contributed by atoms with Crippen LogP contribution in [0.3, 0.4) is 0 Å². The molecule has 0 N–H and O–H groups in total. The molecule has 2 unspecified atom stereocenters. The monoisotopic (exact) mass is 308 g/mol. The number of ether oxygens (including phenoxy) is 1. The number of piperidine rings is 1. The van der Waals surface area contributed by atoms with E-state index in [9.17, 15) is 0 Å². The van der Waals surface area contributed by atoms with Crippen molar-refractivity contribution in [1.82, 2.24) is 9.88 Å². The van der Waals surface area contributed by atoms with Crippen LogP contribution in [0.5, 0.6) is 0 Å². The summed E-state index contributed by atoms with van der Waals surface area (Å²) in [6.07, 6.45) is 4.58. The Morgan fingerprint density at radius 2 is 2.05 bits per heavy atom. The number of rotatable bonds is 5. The minimum absolute atomic E-state index is 0.509. The van der Waals surface area contributed by atoms with Crippen molar-refractivity contribution >= 4 is 11.3 Å². The Bertz CT molecular complexity index is 445. The molecule has 0 spiro atoms. The lowest BCUT2D eigenvalue weighted by Gasteiger charge is -2.47. The summed E-state index contributed by atoms with van der Waals surface area (Å²) in [7, 11) is 0. The molecule has 3 rings (SSSR count). The van der Waals surface area contributed by atoms with E-state index in [1.165, 1.54) is 43.1 Å². The maximum Gasteiger partial charge on any atom is 0.0897 e. The Kier molecular flexibility index (Phi) is 4.97. The van der Waals surface area contributed by atoms with Gasteiger partial charge >= 0.3 is 0 Å². The third-order valence-corrected chi connectivity index (χ3v) is 5.56. The van der Waals surface area contributed by atoms with Crippen LogP contribution in [-0.2, 0) is 11.3 Å². The first-order chi connectivity index (χ1) is 10.1. The summed E-state index contributed by atoms with van der Waals surface area (Å²) in [6, 6.07) is 0. The van der Waals surface area contributed by atoms with Gasteiger partial charge in [-0.3, -0.25) is 4.90 Å². The lowest BCUT2D eigenvalue weighted by molar-refractivity contribution is -0.101. The summed E-state index contributed by atoms with van der Waals surface area (Å²) in [5.74, 6) is 2.11. The first kappa shape index (κ1) is 15.4. The van der Waals surface area contributed by atoms with Crippen molar-refractivity contribution < 1.29 is 4.74 Å². The van der Waals surface area contributed by atoms with E-state index in [1.807, 2.05) is 0 Å². The van der Waals surface area contributed by atoms with Gasteiger partial charge in [0.25, 0.3) is 0 Å². The number of fused-ring (bicyclic) bond motifs is 2. The summed E-state index contributed by atoms with van der Waals surface area (Å²) < 4.78 is 6.27. The van der Waals surface area contributed by atoms with Gasteiger partial charge in [0.15, 0.2) is 0 Å². The van der Waals surface area contributed by atoms with Gasteiger partial charge in [0.1, 0.15) is 0 Å². The van der Waals surface area contributed by atoms with Crippen molar-refractivity contribution in [2.24, 2.45) is 17.8 Å². The molecular formula is C17H28N2OS. The maximum absolute atomic E-state index is 6.27. The smallest absolute Gasteiger partial charge is 0.0897 e. The van der Waals surface area contributed by atoms with Gasteiger partial charge in [-0.15, -0.1) is 11.3 Å². The fraction of sp³-hybridized carbons (Fsp3) is 0.824. The van der Waals surface area contributed by atoms with Crippen LogP contribution < -0.4 is 0 Å². The number of aryl methyl sites for hydroxylation is 1. The highest BCUT2D eigenvalue weighted by atomic mass is 32.1. The molecule has 1 saturated carbocycles. The minimum atomic E-state index is 0.509. The molecule has 1 aromatic rings. The van der Waals surface area contributed by atoms with Gasteiger partial charge in [-0.2, -0.15) is 0 Å². The number of nitrogens with zero attached hydrogens (tertiary/aromatic N) is 2. The van der Waals surface area contributed by atoms with Gasteiger partial charge in [-0.25, -0.2) is 4.98 Å². The van der Waals surface area contributed by atoms with Gasteiger partial charge in [0.2, 0.25) is 0 Å². The fourth-order valence-corrected chi connectivity index (χ4v) is 4.50. The molecule has 1 aliphatic heterocycles. The molecule has 1 saturated heterocycles. The first-order valence-corrected chi connectivity index (χ1v) is 9.24. The van der Waals surface area contributed by atoms with Crippen molar-refractivity contribution in [2.75, 3.05) is 19.7 Å². The predicted octanol–water partition coefficient (Wildman–Crippen LogP) is 3.72. The van der Waals surface area contributed by atoms with Crippen molar-refractivity contribution in [1.29, 1.82) is 0 Å². The number of aromatic nitrogens is 1. The summed E-state index contributed by atoms with van der Waals surface area (Å²) in [6.45, 7) is 10.9. The lowest BCUT2D eigenvalue weighted by atomic mass is 9.75. The van der Waals surface area contributed by atoms with E-state index in [2.05, 4.69) is 36.0 Å². The fourth-order valence-electron chi connectivity index (χ4n) is 3.90. The average Bonchev–Trinajstić information content (AvgIpc) is 2.81. The molecule has 1 aliphatic carbocycles. The standard InChI is InChI=1S/C17H28N2OS/c1-12(2)10-20-17-14-5-4-6-15(17)8-19(7-14)9-16-11-21-13(3)18-16/h11-12,14-15,17H,4-10H2,1-3H3. The zero-order chi connectivity index (χ0) is 14.8. The lowest BCUT2D eigenvalue weighted by Crippen LogP contribution is -2.52. The Hall–Kier alpha value is -0.450. The van der Waals surface area contributed by atoms with E-state index < -0.39 is 0 Å². The Morgan fingerprint density at radius 3 is 2.62 bits per heavy atom. The number of hydrogen-bond donors (Lipinski definition) is 0. The zero-order valence-electron chi connectivity index (χ0n) is 13.5. The molecule has 2 fully saturated rings. The normalized spacial score (nSPS) is 30.0. The van der Waals surface area contributed by atoms with Gasteiger partial charge < -0.3 is 4.74 Å². The second-order valence-electron chi connectivity index (χ2n) is 7.19. The minimum Gasteiger partial charge on any atom is -0.377 e. The van der Waals surface area contributed by atoms with Gasteiger partial charge in [-0.1, -0.05) is 20.3 Å². The van der Waals surface area contributed by atoms with Crippen LogP contribution in [0.25, 0.3) is 0 Å². The van der Waals surface area contributed by atoms with Crippen LogP contribution in [0.4, 0.5) is 0 Å². The largest absolute Gasteiger partial charge is 0.377 e. The third-order valence-electron chi connectivity index (χ3n) is 4.74. The van der Waals surface area contributed by atoms with E-state index >= 15 is 0 Å². The van der Waals surface area contributed by atoms with Crippen molar-refractivity contribution in [2.45, 2.75) is 52.7 Å². The molecule has 21 heavy (non-hydrogen) atoms. The van der Waals surface area contributed by atoms with Crippen LogP contribution in [-0.4, -0.2) is 35.7 Å². The van der Waals surface area contributed by atoms with Gasteiger partial charge in [-0.05, 0) is 37.5 Å². The quantitative estimate of drug-likeness (QED) is 0.829. The summed E-state index contributed by atoms with van der Waals surface area (Å²) >= 11 is 1.76. The molecule has 2 heterocycles. The second-order valence-corrected chi connectivity index (χ2v) is 8.26. The van der Waals surface area contributed by atoms with E-state index in [0.717, 1.165) is 25.0 Å². The van der Waals surface area contributed by atoms with Crippen LogP contribution in [0, 0.1) is 24.7 Å². The Morgan fingerprint density at radius 1 is 1.33 bits per heavy atom. The molecule has 4 heteroatoms. The maximum atomic E-state index is 6.27. The molecule has 0 radical (unpaired) electrons. The van der Waals surface area contributed by atoms with Crippen LogP contribution in [0.2, 0.25) is 0 Å². The van der Waals surface area contributed by atoms with Crippen molar-refractivity contribution in [3.63, 3.8) is 0 Å². The average molecular weight is 308 g/mol. The highest BCUT2D eigenvalue weighted by molar-refractivity contribution is 7.09. The molecule has 2 aliphatic rings. The molecule has 2 atom stereocenters. The molecule has 2 bridgehead atoms. The highest BCUT2D eigenvalue weighted by Gasteiger charge is 2.40. The van der Waals surface area contributed by atoms with E-state index in [0.29, 0.717) is 12.0 Å². The third kappa shape index (κ3) is 3.85. The predicted molar refractivity (Wildman–Crippen MR) is 87.5 cm³/mol. The van der Waals surface area contributed by atoms with E-state index in [-0.39, 0.29) is 0 Å². The van der Waals surface area contributed by atoms with Crippen molar-refractivity contribution in [3.05, 3.63) is 16.1 Å². The molecule has 1 aromatic heterocycles. The highest BCUT2D eigenvalue weighted by Crippen LogP contribution is 2.37. The van der Waals surface area contributed by atoms with Crippen LogP contribution >= 0.6 is 11.3 Å². The van der Waals surface area contributed by atoms with E-state index in [4.69, 9.17) is 4.74 Å². The second kappa shape index (κ2) is 6.76. The molecule has 3 nitrogen and oxygen atoms in total. The summed E-state index contributed by atoms with van der Waals surface area (Å²) in [5.41, 5.74) is 1.25. The topological polar surface area (TPSA) is 25.4 Å². The summed E-state index contributed by atoms with van der Waals surface area (Å²) in [5, 5.41) is 3.40. The van der Waals surface area contributed by atoms with Crippen LogP contribution in [0.1, 0.15) is 43.8 Å². The first-order valence-electron chi connectivity index (χ1n) is 8.36. The Labute approximate surface area is 132 Å². The summed E-state index contributed by atoms with van der Waals surface area (Å²) in [4.78, 5) is 7.23.